The molecule has 9 nitrogen and oxygen atoms in total. The molecule has 0 aliphatic carbocycles. The third-order valence-electron chi connectivity index (χ3n) is 6.40. The number of alkyl halides is 1. The van der Waals surface area contributed by atoms with Gasteiger partial charge in [0.15, 0.2) is 11.5 Å². The number of aryl methyl sites for hydroxylation is 4. The van der Waals surface area contributed by atoms with Crippen molar-refractivity contribution in [1.29, 1.82) is 0 Å². The topological polar surface area (TPSA) is 113 Å². The summed E-state index contributed by atoms with van der Waals surface area (Å²) in [7, 11) is 1.54. The van der Waals surface area contributed by atoms with Crippen LogP contribution in [0.25, 0.3) is 11.3 Å². The Bertz CT molecular complexity index is 1450. The van der Waals surface area contributed by atoms with Gasteiger partial charge in [-0.1, -0.05) is 17.7 Å². The molecule has 0 fully saturated rings. The van der Waals surface area contributed by atoms with Crippen molar-refractivity contribution in [3.8, 4) is 22.8 Å². The first-order valence-electron chi connectivity index (χ1n) is 12.1. The number of nitrogens with zero attached hydrogens (tertiary/aromatic N) is 3. The molecule has 2 amide bonds. The zero-order chi connectivity index (χ0) is 26.7. The molecule has 196 valence electrons. The number of urea groups is 1. The monoisotopic (exact) mass is 509 g/mol. The molecule has 10 heteroatoms. The van der Waals surface area contributed by atoms with Crippen molar-refractivity contribution < 1.29 is 18.7 Å². The van der Waals surface area contributed by atoms with E-state index in [1.807, 2.05) is 45.0 Å². The summed E-state index contributed by atoms with van der Waals surface area (Å²) < 4.78 is 27.1. The van der Waals surface area contributed by atoms with Crippen molar-refractivity contribution in [1.82, 2.24) is 14.5 Å². The van der Waals surface area contributed by atoms with E-state index in [0.29, 0.717) is 35.6 Å². The second-order valence-electron chi connectivity index (χ2n) is 9.07. The van der Waals surface area contributed by atoms with Crippen molar-refractivity contribution in [2.75, 3.05) is 26.9 Å². The number of halogens is 1. The van der Waals surface area contributed by atoms with Crippen LogP contribution in [0.5, 0.6) is 11.5 Å². The normalized spacial score (nSPS) is 12.6. The fourth-order valence-corrected chi connectivity index (χ4v) is 4.82. The Morgan fingerprint density at radius 3 is 2.51 bits per heavy atom. The number of hydrogen-bond donors (Lipinski definition) is 2. The van der Waals surface area contributed by atoms with Gasteiger partial charge >= 0.3 is 11.7 Å². The van der Waals surface area contributed by atoms with Crippen LogP contribution in [0.4, 0.5) is 14.9 Å². The quantitative estimate of drug-likeness (QED) is 0.486. The Kier molecular flexibility index (Phi) is 7.66. The van der Waals surface area contributed by atoms with E-state index in [9.17, 15) is 14.0 Å². The molecule has 0 unspecified atom stereocenters. The van der Waals surface area contributed by atoms with Gasteiger partial charge in [0.2, 0.25) is 0 Å². The maximum atomic E-state index is 13.7. The summed E-state index contributed by atoms with van der Waals surface area (Å²) in [6.45, 7) is 6.10. The first-order valence-corrected chi connectivity index (χ1v) is 12.1. The molecule has 0 bridgehead atoms. The Labute approximate surface area is 214 Å². The van der Waals surface area contributed by atoms with Gasteiger partial charge in [0.1, 0.15) is 18.8 Å². The number of carbonyl (C=O) groups is 1. The van der Waals surface area contributed by atoms with Crippen LogP contribution in [0.1, 0.15) is 22.3 Å². The molecule has 0 saturated carbocycles. The number of hydrogen-bond acceptors (Lipinski definition) is 5. The number of carbonyl (C=O) groups excluding carboxylic acids is 1. The number of rotatable bonds is 8. The number of nitrogens with two attached hydrogens (primary N) is 1. The van der Waals surface area contributed by atoms with Crippen LogP contribution in [0.15, 0.2) is 40.1 Å². The average Bonchev–Trinajstić information content (AvgIpc) is 2.85. The van der Waals surface area contributed by atoms with Gasteiger partial charge in [0.25, 0.3) is 0 Å². The number of amides is 2. The number of ether oxygens (including phenoxy) is 2. The summed E-state index contributed by atoms with van der Waals surface area (Å²) >= 11 is 0. The fourth-order valence-electron chi connectivity index (χ4n) is 4.82. The third-order valence-corrected chi connectivity index (χ3v) is 6.40. The molecule has 37 heavy (non-hydrogen) atoms. The zero-order valence-corrected chi connectivity index (χ0v) is 21.6. The van der Waals surface area contributed by atoms with Crippen molar-refractivity contribution in [2.24, 2.45) is 10.7 Å². The maximum absolute atomic E-state index is 13.7. The summed E-state index contributed by atoms with van der Waals surface area (Å²) in [5, 5.41) is 2.55. The highest BCUT2D eigenvalue weighted by Gasteiger charge is 2.22. The lowest BCUT2D eigenvalue weighted by atomic mass is 9.97. The lowest BCUT2D eigenvalue weighted by Gasteiger charge is -2.25. The standard InChI is InChI=1S/C27H32FN5O4/c1-16-11-17(2)25(18(3)12-16)31-24-15-21-20-14-23(37-10-6-28)22(36-4)13-19(20)5-8-32(21)27(35)33(24)9-7-30-26(29)34/h11-15H,5-10H2,1-4H3,(H3,29,30,34)/b31-24+. The average molecular weight is 510 g/mol. The Morgan fingerprint density at radius 2 is 1.86 bits per heavy atom. The summed E-state index contributed by atoms with van der Waals surface area (Å²) in [6, 6.07) is 8.97. The molecule has 0 atom stereocenters. The Morgan fingerprint density at radius 1 is 1.14 bits per heavy atom. The molecular weight excluding hydrogens is 477 g/mol. The molecule has 0 saturated heterocycles. The van der Waals surface area contributed by atoms with Crippen LogP contribution in [0.2, 0.25) is 0 Å². The van der Waals surface area contributed by atoms with Gasteiger partial charge in [-0.25, -0.2) is 19.0 Å². The van der Waals surface area contributed by atoms with E-state index in [2.05, 4.69) is 5.32 Å². The van der Waals surface area contributed by atoms with Gasteiger partial charge in [0, 0.05) is 31.3 Å². The lowest BCUT2D eigenvalue weighted by Crippen LogP contribution is -2.44. The summed E-state index contributed by atoms with van der Waals surface area (Å²) in [4.78, 5) is 29.9. The molecular formula is C27H32FN5O4. The van der Waals surface area contributed by atoms with Gasteiger partial charge < -0.3 is 20.5 Å². The summed E-state index contributed by atoms with van der Waals surface area (Å²) in [6.07, 6.45) is 0.605. The predicted molar refractivity (Wildman–Crippen MR) is 139 cm³/mol. The molecule has 4 rings (SSSR count). The highest BCUT2D eigenvalue weighted by Crippen LogP contribution is 2.37. The van der Waals surface area contributed by atoms with E-state index in [4.69, 9.17) is 20.2 Å². The van der Waals surface area contributed by atoms with E-state index in [-0.39, 0.29) is 25.4 Å². The molecule has 2 heterocycles. The van der Waals surface area contributed by atoms with Gasteiger partial charge in [0.05, 0.1) is 18.5 Å². The molecule has 1 aliphatic heterocycles. The number of methoxy groups -OCH3 is 1. The Balaban J connectivity index is 1.95. The van der Waals surface area contributed by atoms with E-state index >= 15 is 0 Å². The molecule has 0 radical (unpaired) electrons. The minimum Gasteiger partial charge on any atom is -0.493 e. The minimum atomic E-state index is -0.661. The second kappa shape index (κ2) is 10.9. The first-order chi connectivity index (χ1) is 17.7. The van der Waals surface area contributed by atoms with Crippen molar-refractivity contribution in [2.45, 2.75) is 40.3 Å². The van der Waals surface area contributed by atoms with Gasteiger partial charge in [-0.3, -0.25) is 9.13 Å². The largest absolute Gasteiger partial charge is 0.493 e. The second-order valence-corrected chi connectivity index (χ2v) is 9.07. The lowest BCUT2D eigenvalue weighted by molar-refractivity contribution is 0.248. The number of nitrogens with one attached hydrogen (secondary N) is 1. The first kappa shape index (κ1) is 26.0. The van der Waals surface area contributed by atoms with Crippen LogP contribution in [0.3, 0.4) is 0 Å². The summed E-state index contributed by atoms with van der Waals surface area (Å²) in [5.41, 5.74) is 11.8. The molecule has 1 aliphatic rings. The van der Waals surface area contributed by atoms with Crippen LogP contribution in [-0.4, -0.2) is 42.1 Å². The molecule has 2 aromatic carbocycles. The zero-order valence-electron chi connectivity index (χ0n) is 21.6. The smallest absolute Gasteiger partial charge is 0.330 e. The molecule has 0 spiro atoms. The van der Waals surface area contributed by atoms with Crippen LogP contribution in [-0.2, 0) is 19.5 Å². The summed E-state index contributed by atoms with van der Waals surface area (Å²) in [5.74, 6) is 0.924. The maximum Gasteiger partial charge on any atom is 0.330 e. The van der Waals surface area contributed by atoms with Crippen molar-refractivity contribution in [3.63, 3.8) is 0 Å². The van der Waals surface area contributed by atoms with E-state index < -0.39 is 12.7 Å². The van der Waals surface area contributed by atoms with Crippen LogP contribution >= 0.6 is 0 Å². The number of aromatic nitrogens is 2. The predicted octanol–water partition coefficient (Wildman–Crippen LogP) is 3.06. The third kappa shape index (κ3) is 5.37. The minimum absolute atomic E-state index is 0.101. The SMILES string of the molecule is COc1cc2c(cc1OCCF)-c1c/c(=N\c3c(C)cc(C)cc3C)n(CCNC(N)=O)c(=O)n1CC2. The highest BCUT2D eigenvalue weighted by atomic mass is 19.1. The van der Waals surface area contributed by atoms with E-state index in [1.54, 1.807) is 15.2 Å². The van der Waals surface area contributed by atoms with Crippen molar-refractivity contribution >= 4 is 11.7 Å². The number of benzene rings is 2. The van der Waals surface area contributed by atoms with Gasteiger partial charge in [-0.05, 0) is 56.0 Å². The molecule has 3 N–H and O–H groups in total. The van der Waals surface area contributed by atoms with Crippen LogP contribution in [0, 0.1) is 20.8 Å². The van der Waals surface area contributed by atoms with E-state index in [1.165, 1.54) is 7.11 Å². The number of primary amides is 1. The highest BCUT2D eigenvalue weighted by molar-refractivity contribution is 5.71. The fraction of sp³-hybridized carbons (Fsp3) is 0.370. The van der Waals surface area contributed by atoms with Crippen LogP contribution < -0.4 is 31.7 Å². The van der Waals surface area contributed by atoms with E-state index in [0.717, 1.165) is 33.5 Å². The van der Waals surface area contributed by atoms with Gasteiger partial charge in [-0.2, -0.15) is 0 Å². The van der Waals surface area contributed by atoms with Crippen molar-refractivity contribution in [3.05, 3.63) is 68.6 Å². The Hall–Kier alpha value is -4.08. The molecule has 1 aromatic heterocycles. The number of fused-ring (bicyclic) bond motifs is 3. The molecule has 3 aromatic rings. The van der Waals surface area contributed by atoms with Gasteiger partial charge in [-0.15, -0.1) is 0 Å².